The van der Waals surface area contributed by atoms with Crippen LogP contribution in [-0.4, -0.2) is 48.7 Å². The van der Waals surface area contributed by atoms with Gasteiger partial charge in [0.25, 0.3) is 0 Å². The van der Waals surface area contributed by atoms with Crippen molar-refractivity contribution in [3.63, 3.8) is 0 Å². The van der Waals surface area contributed by atoms with Gasteiger partial charge in [0.2, 0.25) is 5.95 Å². The Bertz CT molecular complexity index is 974. The Morgan fingerprint density at radius 2 is 1.72 bits per heavy atom. The van der Waals surface area contributed by atoms with Crippen molar-refractivity contribution in [1.29, 1.82) is 0 Å². The maximum absolute atomic E-state index is 6.25. The summed E-state index contributed by atoms with van der Waals surface area (Å²) in [5.74, 6) is 2.13. The molecule has 1 saturated heterocycles. The quantitative estimate of drug-likeness (QED) is 0.636. The standard InChI is InChI=1S/C22H27N5O2/c1-28-19-12-16-17(13-20(19)29-2)24-22(26-21(16)23)25-18(14-27-10-6-7-11-27)15-8-4-3-5-9-15/h3-5,8-9,12-13,18H,6-7,10-11,14H2,1-2H3,(H3,23,24,25,26). The van der Waals surface area contributed by atoms with Gasteiger partial charge in [-0.05, 0) is 37.6 Å². The summed E-state index contributed by atoms with van der Waals surface area (Å²) < 4.78 is 10.8. The minimum atomic E-state index is 0.0753. The van der Waals surface area contributed by atoms with E-state index in [2.05, 4.69) is 39.5 Å². The van der Waals surface area contributed by atoms with E-state index in [1.54, 1.807) is 14.2 Å². The molecule has 0 spiro atoms. The van der Waals surface area contributed by atoms with Crippen LogP contribution in [0.5, 0.6) is 11.5 Å². The average Bonchev–Trinajstić information content (AvgIpc) is 3.26. The van der Waals surface area contributed by atoms with Crippen molar-refractivity contribution < 1.29 is 9.47 Å². The molecule has 3 aromatic rings. The predicted molar refractivity (Wildman–Crippen MR) is 116 cm³/mol. The monoisotopic (exact) mass is 393 g/mol. The van der Waals surface area contributed by atoms with Crippen LogP contribution in [0, 0.1) is 0 Å². The largest absolute Gasteiger partial charge is 0.493 e. The van der Waals surface area contributed by atoms with Crippen LogP contribution in [-0.2, 0) is 0 Å². The zero-order valence-electron chi connectivity index (χ0n) is 16.9. The van der Waals surface area contributed by atoms with Crippen molar-refractivity contribution in [2.45, 2.75) is 18.9 Å². The molecule has 0 aliphatic carbocycles. The summed E-state index contributed by atoms with van der Waals surface area (Å²) in [5, 5.41) is 4.25. The molecule has 1 aromatic heterocycles. The van der Waals surface area contributed by atoms with Gasteiger partial charge in [-0.2, -0.15) is 4.98 Å². The second-order valence-corrected chi connectivity index (χ2v) is 7.27. The summed E-state index contributed by atoms with van der Waals surface area (Å²) in [5.41, 5.74) is 8.17. The number of likely N-dealkylation sites (tertiary alicyclic amines) is 1. The first kappa shape index (κ1) is 19.3. The summed E-state index contributed by atoms with van der Waals surface area (Å²) in [6, 6.07) is 14.1. The van der Waals surface area contributed by atoms with Gasteiger partial charge in [-0.1, -0.05) is 30.3 Å². The Kier molecular flexibility index (Phi) is 5.67. The number of ether oxygens (including phenoxy) is 2. The van der Waals surface area contributed by atoms with E-state index in [9.17, 15) is 0 Å². The Balaban J connectivity index is 1.67. The van der Waals surface area contributed by atoms with Gasteiger partial charge < -0.3 is 25.4 Å². The lowest BCUT2D eigenvalue weighted by atomic mass is 10.1. The number of nitrogens with one attached hydrogen (secondary N) is 1. The van der Waals surface area contributed by atoms with Crippen molar-refractivity contribution in [2.24, 2.45) is 0 Å². The van der Waals surface area contributed by atoms with Crippen LogP contribution in [0.15, 0.2) is 42.5 Å². The van der Waals surface area contributed by atoms with Crippen LogP contribution < -0.4 is 20.5 Å². The second kappa shape index (κ2) is 8.53. The third-order valence-corrected chi connectivity index (χ3v) is 5.38. The molecular weight excluding hydrogens is 366 g/mol. The summed E-state index contributed by atoms with van der Waals surface area (Å²) in [4.78, 5) is 11.7. The first-order valence-electron chi connectivity index (χ1n) is 9.91. The topological polar surface area (TPSA) is 85.5 Å². The number of rotatable bonds is 7. The Hall–Kier alpha value is -3.06. The van der Waals surface area contributed by atoms with E-state index in [-0.39, 0.29) is 6.04 Å². The fourth-order valence-electron chi connectivity index (χ4n) is 3.84. The summed E-state index contributed by atoms with van der Waals surface area (Å²) in [7, 11) is 3.20. The number of anilines is 2. The smallest absolute Gasteiger partial charge is 0.225 e. The van der Waals surface area contributed by atoms with E-state index >= 15 is 0 Å². The predicted octanol–water partition coefficient (Wildman–Crippen LogP) is 3.48. The van der Waals surface area contributed by atoms with E-state index in [1.807, 2.05) is 18.2 Å². The molecule has 4 rings (SSSR count). The van der Waals surface area contributed by atoms with Crippen LogP contribution in [0.2, 0.25) is 0 Å². The fourth-order valence-corrected chi connectivity index (χ4v) is 3.84. The third-order valence-electron chi connectivity index (χ3n) is 5.38. The van der Waals surface area contributed by atoms with Crippen molar-refractivity contribution in [3.8, 4) is 11.5 Å². The average molecular weight is 393 g/mol. The van der Waals surface area contributed by atoms with Crippen LogP contribution >= 0.6 is 0 Å². The molecule has 0 saturated carbocycles. The lowest BCUT2D eigenvalue weighted by Crippen LogP contribution is -2.30. The molecule has 1 fully saturated rings. The number of aromatic nitrogens is 2. The summed E-state index contributed by atoms with van der Waals surface area (Å²) in [6.07, 6.45) is 2.51. The van der Waals surface area contributed by atoms with Crippen molar-refractivity contribution in [1.82, 2.24) is 14.9 Å². The molecule has 1 aliphatic heterocycles. The second-order valence-electron chi connectivity index (χ2n) is 7.27. The normalized spacial score (nSPS) is 15.4. The molecule has 7 heteroatoms. The molecule has 0 bridgehead atoms. The number of hydrogen-bond acceptors (Lipinski definition) is 7. The van der Waals surface area contributed by atoms with E-state index in [0.29, 0.717) is 28.8 Å². The molecule has 1 atom stereocenters. The molecule has 2 heterocycles. The number of hydrogen-bond donors (Lipinski definition) is 2. The van der Waals surface area contributed by atoms with E-state index in [1.165, 1.54) is 18.4 Å². The minimum Gasteiger partial charge on any atom is -0.493 e. The fraction of sp³-hybridized carbons (Fsp3) is 0.364. The molecule has 152 valence electrons. The van der Waals surface area contributed by atoms with E-state index < -0.39 is 0 Å². The van der Waals surface area contributed by atoms with Crippen LogP contribution in [0.25, 0.3) is 10.9 Å². The van der Waals surface area contributed by atoms with Gasteiger partial charge in [0.15, 0.2) is 11.5 Å². The molecule has 0 amide bonds. The molecule has 1 aliphatic rings. The molecule has 0 radical (unpaired) electrons. The number of fused-ring (bicyclic) bond motifs is 1. The van der Waals surface area contributed by atoms with Gasteiger partial charge in [-0.3, -0.25) is 0 Å². The SMILES string of the molecule is COc1cc2nc(NC(CN3CCCC3)c3ccccc3)nc(N)c2cc1OC. The molecular formula is C22H27N5O2. The summed E-state index contributed by atoms with van der Waals surface area (Å²) >= 11 is 0. The highest BCUT2D eigenvalue weighted by atomic mass is 16.5. The van der Waals surface area contributed by atoms with Gasteiger partial charge in [0, 0.05) is 18.0 Å². The zero-order chi connectivity index (χ0) is 20.2. The number of nitrogens with zero attached hydrogens (tertiary/aromatic N) is 3. The number of nitrogens with two attached hydrogens (primary N) is 1. The van der Waals surface area contributed by atoms with Crippen molar-refractivity contribution >= 4 is 22.7 Å². The van der Waals surface area contributed by atoms with Gasteiger partial charge in [-0.15, -0.1) is 0 Å². The van der Waals surface area contributed by atoms with Gasteiger partial charge in [-0.25, -0.2) is 4.98 Å². The van der Waals surface area contributed by atoms with Gasteiger partial charge in [0.1, 0.15) is 5.82 Å². The van der Waals surface area contributed by atoms with Gasteiger partial charge >= 0.3 is 0 Å². The highest BCUT2D eigenvalue weighted by Crippen LogP contribution is 2.34. The first-order valence-corrected chi connectivity index (χ1v) is 9.91. The van der Waals surface area contributed by atoms with Crippen molar-refractivity contribution in [2.75, 3.05) is 44.9 Å². The highest BCUT2D eigenvalue weighted by Gasteiger charge is 2.20. The molecule has 2 aromatic carbocycles. The van der Waals surface area contributed by atoms with Crippen LogP contribution in [0.3, 0.4) is 0 Å². The highest BCUT2D eigenvalue weighted by molar-refractivity contribution is 5.91. The van der Waals surface area contributed by atoms with Crippen molar-refractivity contribution in [3.05, 3.63) is 48.0 Å². The molecule has 7 nitrogen and oxygen atoms in total. The third kappa shape index (κ3) is 4.19. The molecule has 3 N–H and O–H groups in total. The number of nitrogen functional groups attached to an aromatic ring is 1. The maximum Gasteiger partial charge on any atom is 0.225 e. The molecule has 1 unspecified atom stereocenters. The van der Waals surface area contributed by atoms with E-state index in [4.69, 9.17) is 20.2 Å². The number of benzene rings is 2. The lowest BCUT2D eigenvalue weighted by Gasteiger charge is -2.25. The Morgan fingerprint density at radius 3 is 2.41 bits per heavy atom. The maximum atomic E-state index is 6.25. The van der Waals surface area contributed by atoms with Crippen LogP contribution in [0.4, 0.5) is 11.8 Å². The minimum absolute atomic E-state index is 0.0753. The van der Waals surface area contributed by atoms with E-state index in [0.717, 1.165) is 25.0 Å². The Labute approximate surface area is 170 Å². The first-order chi connectivity index (χ1) is 14.2. The molecule has 29 heavy (non-hydrogen) atoms. The lowest BCUT2D eigenvalue weighted by molar-refractivity contribution is 0.323. The summed E-state index contributed by atoms with van der Waals surface area (Å²) in [6.45, 7) is 3.16. The van der Waals surface area contributed by atoms with Crippen LogP contribution in [0.1, 0.15) is 24.4 Å². The Morgan fingerprint density at radius 1 is 1.03 bits per heavy atom. The number of methoxy groups -OCH3 is 2. The zero-order valence-corrected chi connectivity index (χ0v) is 16.9. The van der Waals surface area contributed by atoms with Gasteiger partial charge in [0.05, 0.1) is 25.8 Å².